The first kappa shape index (κ1) is 23.1. The molecule has 0 radical (unpaired) electrons. The summed E-state index contributed by atoms with van der Waals surface area (Å²) < 4.78 is 12.3. The maximum Gasteiger partial charge on any atom is 0.251 e. The van der Waals surface area contributed by atoms with E-state index >= 15 is 0 Å². The molecule has 0 aliphatic rings. The predicted molar refractivity (Wildman–Crippen MR) is 122 cm³/mol. The summed E-state index contributed by atoms with van der Waals surface area (Å²) >= 11 is 1.29. The Balaban J connectivity index is 1.50. The summed E-state index contributed by atoms with van der Waals surface area (Å²) in [5.74, 6) is 1.10. The number of methoxy groups -OCH3 is 2. The first-order valence-corrected chi connectivity index (χ1v) is 10.8. The van der Waals surface area contributed by atoms with Crippen LogP contribution in [0.15, 0.2) is 53.9 Å². The quantitative estimate of drug-likeness (QED) is 0.452. The molecule has 2 amide bonds. The largest absolute Gasteiger partial charge is 0.493 e. The summed E-state index contributed by atoms with van der Waals surface area (Å²) in [4.78, 5) is 24.7. The number of carbonyl (C=O) groups excluding carboxylic acids is 2. The van der Waals surface area contributed by atoms with E-state index in [1.807, 2.05) is 25.2 Å². The van der Waals surface area contributed by atoms with Crippen LogP contribution in [0.4, 0.5) is 5.69 Å². The van der Waals surface area contributed by atoms with E-state index in [2.05, 4.69) is 20.8 Å². The smallest absolute Gasteiger partial charge is 0.251 e. The number of benzene rings is 2. The number of thioether (sulfide) groups is 1. The molecule has 1 heterocycles. The molecule has 0 fully saturated rings. The van der Waals surface area contributed by atoms with E-state index in [9.17, 15) is 9.59 Å². The van der Waals surface area contributed by atoms with Crippen LogP contribution >= 0.6 is 11.8 Å². The van der Waals surface area contributed by atoms with Crippen molar-refractivity contribution < 1.29 is 19.1 Å². The van der Waals surface area contributed by atoms with Gasteiger partial charge >= 0.3 is 0 Å². The van der Waals surface area contributed by atoms with Crippen LogP contribution < -0.4 is 20.1 Å². The number of hydrogen-bond acceptors (Lipinski definition) is 7. The number of aromatic nitrogens is 3. The molecule has 0 atom stereocenters. The van der Waals surface area contributed by atoms with Crippen LogP contribution in [0, 0.1) is 0 Å². The second-order valence-corrected chi connectivity index (χ2v) is 7.78. The fourth-order valence-electron chi connectivity index (χ4n) is 2.93. The minimum atomic E-state index is -0.213. The average Bonchev–Trinajstić information content (AvgIpc) is 3.22. The van der Waals surface area contributed by atoms with Crippen LogP contribution in [0.2, 0.25) is 0 Å². The summed E-state index contributed by atoms with van der Waals surface area (Å²) in [6.07, 6.45) is 2.22. The Bertz CT molecular complexity index is 1090. The maximum absolute atomic E-state index is 12.5. The number of ether oxygens (including phenoxy) is 2. The highest BCUT2D eigenvalue weighted by molar-refractivity contribution is 7.99. The second-order valence-electron chi connectivity index (χ2n) is 6.84. The first-order chi connectivity index (χ1) is 15.5. The van der Waals surface area contributed by atoms with Gasteiger partial charge in [0, 0.05) is 24.8 Å². The van der Waals surface area contributed by atoms with Gasteiger partial charge in [-0.2, -0.15) is 0 Å². The van der Waals surface area contributed by atoms with E-state index in [1.54, 1.807) is 49.4 Å². The molecule has 0 saturated carbocycles. The Labute approximate surface area is 190 Å². The maximum atomic E-state index is 12.5. The lowest BCUT2D eigenvalue weighted by Gasteiger charge is -2.11. The zero-order chi connectivity index (χ0) is 22.9. The molecule has 168 valence electrons. The van der Waals surface area contributed by atoms with Gasteiger partial charge in [-0.1, -0.05) is 23.9 Å². The number of hydrogen-bond donors (Lipinski definition) is 2. The third kappa shape index (κ3) is 6.24. The number of anilines is 1. The Morgan fingerprint density at radius 1 is 1.09 bits per heavy atom. The van der Waals surface area contributed by atoms with Gasteiger partial charge < -0.3 is 24.7 Å². The molecule has 0 bridgehead atoms. The highest BCUT2D eigenvalue weighted by Crippen LogP contribution is 2.27. The van der Waals surface area contributed by atoms with Gasteiger partial charge in [0.1, 0.15) is 6.33 Å². The normalized spacial score (nSPS) is 10.5. The van der Waals surface area contributed by atoms with Gasteiger partial charge in [-0.05, 0) is 42.3 Å². The molecule has 2 N–H and O–H groups in total. The van der Waals surface area contributed by atoms with Crippen molar-refractivity contribution in [3.63, 3.8) is 0 Å². The monoisotopic (exact) mass is 455 g/mol. The number of nitrogens with one attached hydrogen (secondary N) is 2. The van der Waals surface area contributed by atoms with Crippen molar-refractivity contribution in [3.8, 4) is 11.5 Å². The van der Waals surface area contributed by atoms with Crippen LogP contribution in [0.25, 0.3) is 0 Å². The molecule has 0 spiro atoms. The number of carbonyl (C=O) groups is 2. The van der Waals surface area contributed by atoms with Crippen molar-refractivity contribution >= 4 is 29.3 Å². The van der Waals surface area contributed by atoms with Crippen molar-refractivity contribution in [1.29, 1.82) is 0 Å². The molecule has 32 heavy (non-hydrogen) atoms. The highest BCUT2D eigenvalue weighted by Gasteiger charge is 2.10. The van der Waals surface area contributed by atoms with Crippen molar-refractivity contribution in [1.82, 2.24) is 20.1 Å². The topological polar surface area (TPSA) is 107 Å². The molecule has 3 rings (SSSR count). The molecule has 0 aliphatic carbocycles. The van der Waals surface area contributed by atoms with Crippen molar-refractivity contribution in [2.24, 2.45) is 7.05 Å². The van der Waals surface area contributed by atoms with Crippen molar-refractivity contribution in [2.45, 2.75) is 11.6 Å². The lowest BCUT2D eigenvalue weighted by molar-refractivity contribution is -0.113. The van der Waals surface area contributed by atoms with Gasteiger partial charge in [-0.15, -0.1) is 10.2 Å². The third-order valence-corrected chi connectivity index (χ3v) is 5.59. The molecule has 0 aliphatic heterocycles. The lowest BCUT2D eigenvalue weighted by Crippen LogP contribution is -2.26. The zero-order valence-electron chi connectivity index (χ0n) is 18.1. The van der Waals surface area contributed by atoms with Gasteiger partial charge in [-0.25, -0.2) is 0 Å². The van der Waals surface area contributed by atoms with Crippen LogP contribution in [0.1, 0.15) is 15.9 Å². The lowest BCUT2D eigenvalue weighted by atomic mass is 10.1. The molecule has 10 heteroatoms. The first-order valence-electron chi connectivity index (χ1n) is 9.86. The van der Waals surface area contributed by atoms with Crippen LogP contribution in [0.3, 0.4) is 0 Å². The van der Waals surface area contributed by atoms with E-state index in [4.69, 9.17) is 9.47 Å². The van der Waals surface area contributed by atoms with Crippen molar-refractivity contribution in [3.05, 3.63) is 59.9 Å². The number of aryl methyl sites for hydroxylation is 1. The molecule has 1 aromatic heterocycles. The van der Waals surface area contributed by atoms with E-state index < -0.39 is 0 Å². The van der Waals surface area contributed by atoms with Gasteiger partial charge in [-0.3, -0.25) is 9.59 Å². The van der Waals surface area contributed by atoms with Crippen LogP contribution in [-0.2, 0) is 18.3 Å². The van der Waals surface area contributed by atoms with E-state index in [-0.39, 0.29) is 17.6 Å². The van der Waals surface area contributed by atoms with Crippen molar-refractivity contribution in [2.75, 3.05) is 31.8 Å². The molecule has 0 unspecified atom stereocenters. The Morgan fingerprint density at radius 2 is 1.91 bits per heavy atom. The molecule has 3 aromatic rings. The SMILES string of the molecule is COc1ccc(CCNC(=O)c2cccc(NC(=O)CSc3nncn3C)c2)cc1OC. The Hall–Kier alpha value is -3.53. The highest BCUT2D eigenvalue weighted by atomic mass is 32.2. The minimum absolute atomic E-state index is 0.189. The number of rotatable bonds is 10. The molecular weight excluding hydrogens is 430 g/mol. The van der Waals surface area contributed by atoms with E-state index in [1.165, 1.54) is 11.8 Å². The van der Waals surface area contributed by atoms with E-state index in [0.29, 0.717) is 40.9 Å². The van der Waals surface area contributed by atoms with Crippen LogP contribution in [0.5, 0.6) is 11.5 Å². The predicted octanol–water partition coefficient (Wildman–Crippen LogP) is 2.54. The Kier molecular flexibility index (Phi) is 8.09. The summed E-state index contributed by atoms with van der Waals surface area (Å²) in [6, 6.07) is 12.5. The fourth-order valence-corrected chi connectivity index (χ4v) is 3.62. The average molecular weight is 456 g/mol. The summed E-state index contributed by atoms with van der Waals surface area (Å²) in [5.41, 5.74) is 2.04. The Morgan fingerprint density at radius 3 is 2.62 bits per heavy atom. The molecule has 0 saturated heterocycles. The molecule has 2 aromatic carbocycles. The zero-order valence-corrected chi connectivity index (χ0v) is 18.9. The number of nitrogens with zero attached hydrogens (tertiary/aromatic N) is 3. The summed E-state index contributed by atoms with van der Waals surface area (Å²) in [7, 11) is 4.99. The van der Waals surface area contributed by atoms with Gasteiger partial charge in [0.25, 0.3) is 5.91 Å². The second kappa shape index (κ2) is 11.2. The molecular formula is C22H25N5O4S. The van der Waals surface area contributed by atoms with E-state index in [0.717, 1.165) is 5.56 Å². The summed E-state index contributed by atoms with van der Waals surface area (Å²) in [5, 5.41) is 14.1. The standard InChI is InChI=1S/C22H25N5O4S/c1-27-14-24-26-22(27)32-13-20(28)25-17-6-4-5-16(12-17)21(29)23-10-9-15-7-8-18(30-2)19(11-15)31-3/h4-8,11-12,14H,9-10,13H2,1-3H3,(H,23,29)(H,25,28). The van der Waals surface area contributed by atoms with Gasteiger partial charge in [0.15, 0.2) is 16.7 Å². The van der Waals surface area contributed by atoms with Crippen LogP contribution in [-0.4, -0.2) is 53.1 Å². The number of amides is 2. The van der Waals surface area contributed by atoms with Gasteiger partial charge in [0.2, 0.25) is 5.91 Å². The summed E-state index contributed by atoms with van der Waals surface area (Å²) in [6.45, 7) is 0.458. The van der Waals surface area contributed by atoms with Gasteiger partial charge in [0.05, 0.1) is 20.0 Å². The third-order valence-electron chi connectivity index (χ3n) is 4.56. The molecule has 9 nitrogen and oxygen atoms in total. The fraction of sp³-hybridized carbons (Fsp3) is 0.273. The minimum Gasteiger partial charge on any atom is -0.493 e.